The van der Waals surface area contributed by atoms with Crippen LogP contribution in [-0.2, 0) is 0 Å². The molecule has 4 heteroatoms. The highest BCUT2D eigenvalue weighted by atomic mass is 32.1. The van der Waals surface area contributed by atoms with Crippen molar-refractivity contribution in [2.45, 2.75) is 0 Å². The summed E-state index contributed by atoms with van der Waals surface area (Å²) in [6.07, 6.45) is 0. The van der Waals surface area contributed by atoms with Crippen LogP contribution in [0.2, 0.25) is 0 Å². The lowest BCUT2D eigenvalue weighted by molar-refractivity contribution is 1.18. The van der Waals surface area contributed by atoms with E-state index < -0.39 is 0 Å². The highest BCUT2D eigenvalue weighted by Gasteiger charge is 2.20. The summed E-state index contributed by atoms with van der Waals surface area (Å²) >= 11 is 1.86. The van der Waals surface area contributed by atoms with Crippen LogP contribution in [0.3, 0.4) is 0 Å². The third kappa shape index (κ3) is 6.16. The molecule has 61 heavy (non-hydrogen) atoms. The lowest BCUT2D eigenvalue weighted by Crippen LogP contribution is -1.96. The average molecular weight is 794 g/mol. The first-order valence-corrected chi connectivity index (χ1v) is 21.4. The van der Waals surface area contributed by atoms with Crippen molar-refractivity contribution in [1.82, 2.24) is 15.0 Å². The zero-order valence-corrected chi connectivity index (χ0v) is 33.8. The SMILES string of the molecule is c1ccc(-c2ccc(-c3cc(-c4ccc(-c5ccc6nc(-c7cc8ccccc8c8ccccc78)c7c8ccccc8sc7c6c5)cc4)nc(-c4ccccc4)n3)cc2)cc1. The summed E-state index contributed by atoms with van der Waals surface area (Å²) in [5.41, 5.74) is 12.7. The van der Waals surface area contributed by atoms with Gasteiger partial charge in [0.1, 0.15) is 0 Å². The van der Waals surface area contributed by atoms with E-state index in [9.17, 15) is 0 Å². The van der Waals surface area contributed by atoms with Gasteiger partial charge >= 0.3 is 0 Å². The van der Waals surface area contributed by atoms with Gasteiger partial charge < -0.3 is 0 Å². The molecule has 0 atom stereocenters. The van der Waals surface area contributed by atoms with Gasteiger partial charge in [-0.1, -0.05) is 182 Å². The standard InChI is InChI=1S/C57H35N3S/c1-3-13-36(14-4-1)37-23-27-39(28-24-37)51-35-52(60-57(59-51)41-15-5-2-6-16-41)40-29-25-38(26-30-40)42-31-32-50-49(33-42)56-54(47-21-11-12-22-53(47)61-56)55(58-50)48-34-43-17-7-8-18-44(43)45-19-9-10-20-46(45)48/h1-35H. The first-order valence-electron chi connectivity index (χ1n) is 20.6. The van der Waals surface area contributed by atoms with E-state index in [1.165, 1.54) is 52.8 Å². The molecule has 0 fully saturated rings. The van der Waals surface area contributed by atoms with Crippen molar-refractivity contribution in [3.05, 3.63) is 212 Å². The molecule has 0 amide bonds. The van der Waals surface area contributed by atoms with Crippen molar-refractivity contribution >= 4 is 64.0 Å². The quantitative estimate of drug-likeness (QED) is 0.157. The Hall–Kier alpha value is -7.79. The number of hydrogen-bond acceptors (Lipinski definition) is 4. The van der Waals surface area contributed by atoms with Gasteiger partial charge in [0.2, 0.25) is 0 Å². The monoisotopic (exact) mass is 793 g/mol. The molecule has 0 bridgehead atoms. The van der Waals surface area contributed by atoms with Crippen molar-refractivity contribution in [2.75, 3.05) is 0 Å². The lowest BCUT2D eigenvalue weighted by atomic mass is 9.93. The molecule has 0 aliphatic carbocycles. The Balaban J connectivity index is 0.961. The molecule has 0 spiro atoms. The topological polar surface area (TPSA) is 38.7 Å². The van der Waals surface area contributed by atoms with Gasteiger partial charge in [-0.15, -0.1) is 11.3 Å². The van der Waals surface area contributed by atoms with Gasteiger partial charge in [-0.05, 0) is 74.1 Å². The Morgan fingerprint density at radius 1 is 0.328 bits per heavy atom. The molecule has 0 N–H and O–H groups in total. The van der Waals surface area contributed by atoms with E-state index in [2.05, 4.69) is 188 Å². The molecule has 12 rings (SSSR count). The van der Waals surface area contributed by atoms with Crippen LogP contribution < -0.4 is 0 Å². The van der Waals surface area contributed by atoms with Crippen LogP contribution in [0.5, 0.6) is 0 Å². The van der Waals surface area contributed by atoms with Crippen LogP contribution in [-0.4, -0.2) is 15.0 Å². The highest BCUT2D eigenvalue weighted by Crippen LogP contribution is 2.46. The summed E-state index contributed by atoms with van der Waals surface area (Å²) in [6.45, 7) is 0. The van der Waals surface area contributed by atoms with E-state index in [1.807, 2.05) is 35.6 Å². The van der Waals surface area contributed by atoms with E-state index in [0.717, 1.165) is 61.4 Å². The van der Waals surface area contributed by atoms with Crippen LogP contribution in [0.1, 0.15) is 0 Å². The summed E-state index contributed by atoms with van der Waals surface area (Å²) < 4.78 is 2.52. The maximum absolute atomic E-state index is 5.52. The zero-order chi connectivity index (χ0) is 40.3. The summed E-state index contributed by atoms with van der Waals surface area (Å²) in [7, 11) is 0. The fourth-order valence-corrected chi connectivity index (χ4v) is 10.1. The number of aromatic nitrogens is 3. The molecule has 284 valence electrons. The van der Waals surface area contributed by atoms with Gasteiger partial charge in [-0.3, -0.25) is 0 Å². The number of nitrogens with zero attached hydrogens (tertiary/aromatic N) is 3. The molecular weight excluding hydrogens is 759 g/mol. The third-order valence-electron chi connectivity index (χ3n) is 11.9. The van der Waals surface area contributed by atoms with E-state index in [0.29, 0.717) is 5.82 Å². The second-order valence-electron chi connectivity index (χ2n) is 15.5. The van der Waals surface area contributed by atoms with Gasteiger partial charge in [-0.2, -0.15) is 0 Å². The molecule has 3 heterocycles. The molecule has 0 aliphatic rings. The maximum atomic E-state index is 5.52. The fourth-order valence-electron chi connectivity index (χ4n) is 8.84. The minimum atomic E-state index is 0.703. The first kappa shape index (κ1) is 35.2. The second kappa shape index (κ2) is 14.5. The number of benzene rings is 9. The molecule has 3 nitrogen and oxygen atoms in total. The molecule has 0 unspecified atom stereocenters. The van der Waals surface area contributed by atoms with Crippen LogP contribution in [0.4, 0.5) is 0 Å². The fraction of sp³-hybridized carbons (Fsp3) is 0. The Morgan fingerprint density at radius 2 is 0.852 bits per heavy atom. The first-order chi connectivity index (χ1) is 30.2. The van der Waals surface area contributed by atoms with E-state index >= 15 is 0 Å². The van der Waals surface area contributed by atoms with Gasteiger partial charge in [-0.25, -0.2) is 15.0 Å². The number of pyridine rings is 1. The lowest BCUT2D eigenvalue weighted by Gasteiger charge is -2.14. The molecule has 0 saturated carbocycles. The van der Waals surface area contributed by atoms with Crippen LogP contribution in [0.25, 0.3) is 120 Å². The molecular formula is C57H35N3S. The van der Waals surface area contributed by atoms with E-state index in [4.69, 9.17) is 15.0 Å². The second-order valence-corrected chi connectivity index (χ2v) is 16.6. The largest absolute Gasteiger partial charge is 0.247 e. The van der Waals surface area contributed by atoms with Gasteiger partial charge in [0, 0.05) is 47.8 Å². The van der Waals surface area contributed by atoms with Gasteiger partial charge in [0.25, 0.3) is 0 Å². The zero-order valence-electron chi connectivity index (χ0n) is 33.0. The Bertz CT molecular complexity index is 3610. The minimum absolute atomic E-state index is 0.703. The van der Waals surface area contributed by atoms with E-state index in [1.54, 1.807) is 0 Å². The Labute approximate surface area is 356 Å². The number of hydrogen-bond donors (Lipinski definition) is 0. The number of rotatable bonds is 6. The summed E-state index contributed by atoms with van der Waals surface area (Å²) in [6, 6.07) is 75.5. The summed E-state index contributed by atoms with van der Waals surface area (Å²) in [4.78, 5) is 15.7. The minimum Gasteiger partial charge on any atom is -0.247 e. The molecule has 9 aromatic carbocycles. The van der Waals surface area contributed by atoms with E-state index in [-0.39, 0.29) is 0 Å². The predicted molar refractivity (Wildman–Crippen MR) is 258 cm³/mol. The molecule has 0 aliphatic heterocycles. The Morgan fingerprint density at radius 3 is 1.56 bits per heavy atom. The highest BCUT2D eigenvalue weighted by molar-refractivity contribution is 7.26. The van der Waals surface area contributed by atoms with Crippen molar-refractivity contribution in [1.29, 1.82) is 0 Å². The van der Waals surface area contributed by atoms with Crippen LogP contribution >= 0.6 is 11.3 Å². The van der Waals surface area contributed by atoms with Crippen LogP contribution in [0, 0.1) is 0 Å². The van der Waals surface area contributed by atoms with Crippen molar-refractivity contribution in [3.8, 4) is 67.4 Å². The summed E-state index contributed by atoms with van der Waals surface area (Å²) in [5, 5.41) is 8.56. The maximum Gasteiger partial charge on any atom is 0.160 e. The molecule has 12 aromatic rings. The normalized spacial score (nSPS) is 11.6. The summed E-state index contributed by atoms with van der Waals surface area (Å²) in [5.74, 6) is 0.703. The smallest absolute Gasteiger partial charge is 0.160 e. The number of fused-ring (bicyclic) bond motifs is 8. The molecule has 3 aromatic heterocycles. The van der Waals surface area contributed by atoms with Crippen molar-refractivity contribution in [2.24, 2.45) is 0 Å². The number of thiophene rings is 1. The van der Waals surface area contributed by atoms with Crippen molar-refractivity contribution in [3.63, 3.8) is 0 Å². The molecule has 0 saturated heterocycles. The van der Waals surface area contributed by atoms with Crippen LogP contribution in [0.15, 0.2) is 212 Å². The average Bonchev–Trinajstić information content (AvgIpc) is 3.74. The molecule has 0 radical (unpaired) electrons. The van der Waals surface area contributed by atoms with Gasteiger partial charge in [0.15, 0.2) is 5.82 Å². The Kier molecular flexibility index (Phi) is 8.36. The van der Waals surface area contributed by atoms with Crippen molar-refractivity contribution < 1.29 is 0 Å². The predicted octanol–water partition coefficient (Wildman–Crippen LogP) is 15.7. The van der Waals surface area contributed by atoms with Gasteiger partial charge in [0.05, 0.1) is 22.6 Å². The third-order valence-corrected chi connectivity index (χ3v) is 13.1.